The molecule has 0 saturated carbocycles. The Kier molecular flexibility index (Phi) is 5.38. The maximum atomic E-state index is 2.58. The Bertz CT molecular complexity index is 3030. The van der Waals surface area contributed by atoms with E-state index in [9.17, 15) is 0 Å². The molecule has 2 aliphatic rings. The summed E-state index contributed by atoms with van der Waals surface area (Å²) in [4.78, 5) is 0. The lowest BCUT2D eigenvalue weighted by atomic mass is 9.70. The molecule has 0 fully saturated rings. The summed E-state index contributed by atoms with van der Waals surface area (Å²) in [5.41, 5.74) is 16.5. The van der Waals surface area contributed by atoms with Crippen molar-refractivity contribution in [3.63, 3.8) is 0 Å². The fourth-order valence-electron chi connectivity index (χ4n) is 9.65. The minimum Gasteiger partial charge on any atom is -0.308 e. The number of rotatable bonds is 2. The number of hydrogen-bond acceptors (Lipinski definition) is 1. The zero-order chi connectivity index (χ0) is 33.3. The van der Waals surface area contributed by atoms with Crippen molar-refractivity contribution in [1.82, 2.24) is 4.57 Å². The molecule has 2 aromatic heterocycles. The van der Waals surface area contributed by atoms with Gasteiger partial charge in [-0.3, -0.25) is 0 Å². The summed E-state index contributed by atoms with van der Waals surface area (Å²) >= 11 is 1.93. The highest BCUT2D eigenvalue weighted by Crippen LogP contribution is 2.65. The van der Waals surface area contributed by atoms with Gasteiger partial charge in [-0.15, -0.1) is 11.3 Å². The van der Waals surface area contributed by atoms with Crippen LogP contribution < -0.4 is 0 Å². The predicted octanol–water partition coefficient (Wildman–Crippen LogP) is 13.2. The molecule has 0 bridgehead atoms. The summed E-state index contributed by atoms with van der Waals surface area (Å²) in [6.07, 6.45) is 0. The van der Waals surface area contributed by atoms with Crippen LogP contribution >= 0.6 is 11.3 Å². The molecule has 2 heterocycles. The van der Waals surface area contributed by atoms with Crippen molar-refractivity contribution in [2.75, 3.05) is 0 Å². The number of aromatic nitrogens is 1. The molecular formula is C49H29NS. The topological polar surface area (TPSA) is 4.93 Å². The second-order valence-electron chi connectivity index (χ2n) is 14.0. The van der Waals surface area contributed by atoms with Crippen molar-refractivity contribution in [3.05, 3.63) is 198 Å². The smallest absolute Gasteiger partial charge is 0.0726 e. The first-order valence-electron chi connectivity index (χ1n) is 17.7. The van der Waals surface area contributed by atoms with Gasteiger partial charge in [-0.2, -0.15) is 0 Å². The highest BCUT2D eigenvalue weighted by molar-refractivity contribution is 7.26. The minimum absolute atomic E-state index is 0.479. The van der Waals surface area contributed by atoms with Gasteiger partial charge < -0.3 is 4.57 Å². The van der Waals surface area contributed by atoms with Crippen LogP contribution in [0, 0.1) is 0 Å². The first kappa shape index (κ1) is 27.6. The van der Waals surface area contributed by atoms with Crippen LogP contribution in [-0.2, 0) is 5.41 Å². The molecule has 2 heteroatoms. The van der Waals surface area contributed by atoms with Gasteiger partial charge in [0.25, 0.3) is 0 Å². The standard InChI is InChI=1S/C49H29NS/c1-2-14-30(15-3-1)31-26-27-33-32-16-4-9-21-38(32)49(40(33)28-31)39-22-10-5-19-36(39)46-41(49)29-44(48-47(46)37-20-8-13-25-45(37)51-48)50-42-23-11-6-17-34(42)35-18-7-12-24-43(35)50/h1-29H. The molecular weight excluding hydrogens is 635 g/mol. The Labute approximate surface area is 299 Å². The lowest BCUT2D eigenvalue weighted by Gasteiger charge is -2.31. The SMILES string of the molecule is c1ccc(-c2ccc3c(c2)C2(c4ccccc4-3)c3ccccc3-c3c2cc(-n2c4ccccc4c4ccccc42)c2sc4ccccc4c32)cc1. The van der Waals surface area contributed by atoms with Gasteiger partial charge in [-0.1, -0.05) is 146 Å². The molecule has 0 aliphatic heterocycles. The van der Waals surface area contributed by atoms with Gasteiger partial charge in [0.2, 0.25) is 0 Å². The molecule has 8 aromatic carbocycles. The molecule has 12 rings (SSSR count). The Morgan fingerprint density at radius 2 is 1.00 bits per heavy atom. The highest BCUT2D eigenvalue weighted by atomic mass is 32.1. The highest BCUT2D eigenvalue weighted by Gasteiger charge is 2.52. The minimum atomic E-state index is -0.479. The maximum absolute atomic E-state index is 2.58. The molecule has 2 aliphatic carbocycles. The Morgan fingerprint density at radius 1 is 0.412 bits per heavy atom. The van der Waals surface area contributed by atoms with E-state index in [1.54, 1.807) is 0 Å². The van der Waals surface area contributed by atoms with Crippen LogP contribution in [0.5, 0.6) is 0 Å². The van der Waals surface area contributed by atoms with Crippen molar-refractivity contribution in [2.45, 2.75) is 5.41 Å². The number of para-hydroxylation sites is 2. The van der Waals surface area contributed by atoms with E-state index in [1.165, 1.54) is 103 Å². The summed E-state index contributed by atoms with van der Waals surface area (Å²) < 4.78 is 5.19. The zero-order valence-electron chi connectivity index (χ0n) is 27.6. The lowest BCUT2D eigenvalue weighted by molar-refractivity contribution is 0.794. The molecule has 51 heavy (non-hydrogen) atoms. The van der Waals surface area contributed by atoms with E-state index in [0.717, 1.165) is 0 Å². The number of nitrogens with zero attached hydrogens (tertiary/aromatic N) is 1. The molecule has 10 aromatic rings. The molecule has 0 saturated heterocycles. The lowest BCUT2D eigenvalue weighted by Crippen LogP contribution is -2.26. The van der Waals surface area contributed by atoms with E-state index < -0.39 is 5.41 Å². The van der Waals surface area contributed by atoms with E-state index in [1.807, 2.05) is 11.3 Å². The van der Waals surface area contributed by atoms with E-state index in [0.29, 0.717) is 0 Å². The molecule has 236 valence electrons. The summed E-state index contributed by atoms with van der Waals surface area (Å²) in [5, 5.41) is 5.25. The predicted molar refractivity (Wildman–Crippen MR) is 215 cm³/mol. The van der Waals surface area contributed by atoms with Gasteiger partial charge in [-0.25, -0.2) is 0 Å². The molecule has 0 radical (unpaired) electrons. The van der Waals surface area contributed by atoms with Crippen LogP contribution in [0.25, 0.3) is 81.0 Å². The van der Waals surface area contributed by atoms with Gasteiger partial charge in [0, 0.05) is 26.2 Å². The van der Waals surface area contributed by atoms with Crippen LogP contribution in [0.1, 0.15) is 22.3 Å². The first-order valence-corrected chi connectivity index (χ1v) is 18.5. The van der Waals surface area contributed by atoms with Crippen LogP contribution in [0.4, 0.5) is 0 Å². The van der Waals surface area contributed by atoms with Crippen molar-refractivity contribution in [2.24, 2.45) is 0 Å². The summed E-state index contributed by atoms with van der Waals surface area (Å²) in [7, 11) is 0. The molecule has 1 nitrogen and oxygen atoms in total. The first-order chi connectivity index (χ1) is 25.3. The maximum Gasteiger partial charge on any atom is 0.0726 e. The van der Waals surface area contributed by atoms with E-state index in [2.05, 4.69) is 180 Å². The third-order valence-electron chi connectivity index (χ3n) is 11.6. The second-order valence-corrected chi connectivity index (χ2v) is 15.0. The van der Waals surface area contributed by atoms with Crippen molar-refractivity contribution in [1.29, 1.82) is 0 Å². The van der Waals surface area contributed by atoms with Crippen molar-refractivity contribution in [3.8, 4) is 39.1 Å². The third-order valence-corrected chi connectivity index (χ3v) is 12.8. The fourth-order valence-corrected chi connectivity index (χ4v) is 10.9. The van der Waals surface area contributed by atoms with E-state index >= 15 is 0 Å². The average molecular weight is 664 g/mol. The van der Waals surface area contributed by atoms with Gasteiger partial charge in [0.05, 0.1) is 26.8 Å². The van der Waals surface area contributed by atoms with Gasteiger partial charge in [-0.05, 0) is 86.0 Å². The van der Waals surface area contributed by atoms with Gasteiger partial charge in [0.15, 0.2) is 0 Å². The van der Waals surface area contributed by atoms with Gasteiger partial charge in [0.1, 0.15) is 0 Å². The Morgan fingerprint density at radius 3 is 1.76 bits per heavy atom. The van der Waals surface area contributed by atoms with Crippen molar-refractivity contribution < 1.29 is 0 Å². The van der Waals surface area contributed by atoms with Crippen LogP contribution in [-0.4, -0.2) is 4.57 Å². The monoisotopic (exact) mass is 663 g/mol. The molecule has 0 N–H and O–H groups in total. The zero-order valence-corrected chi connectivity index (χ0v) is 28.4. The second kappa shape index (κ2) is 9.94. The quantitative estimate of drug-likeness (QED) is 0.173. The molecule has 1 spiro atoms. The molecule has 0 amide bonds. The van der Waals surface area contributed by atoms with Crippen LogP contribution in [0.2, 0.25) is 0 Å². The van der Waals surface area contributed by atoms with Crippen LogP contribution in [0.15, 0.2) is 176 Å². The number of fused-ring (bicyclic) bond motifs is 17. The van der Waals surface area contributed by atoms with E-state index in [4.69, 9.17) is 0 Å². The summed E-state index contributed by atoms with van der Waals surface area (Å²) in [6.45, 7) is 0. The normalized spacial score (nSPS) is 15.5. The molecule has 1 unspecified atom stereocenters. The number of thiophene rings is 1. The van der Waals surface area contributed by atoms with Crippen LogP contribution in [0.3, 0.4) is 0 Å². The Hall–Kier alpha value is -6.22. The average Bonchev–Trinajstić information content (AvgIpc) is 3.91. The number of hydrogen-bond donors (Lipinski definition) is 0. The Balaban J connectivity index is 1.31. The van der Waals surface area contributed by atoms with E-state index in [-0.39, 0.29) is 0 Å². The third kappa shape index (κ3) is 3.41. The van der Waals surface area contributed by atoms with Crippen molar-refractivity contribution >= 4 is 53.3 Å². The molecule has 1 atom stereocenters. The van der Waals surface area contributed by atoms with Gasteiger partial charge >= 0.3 is 0 Å². The summed E-state index contributed by atoms with van der Waals surface area (Å²) in [5.74, 6) is 0. The fraction of sp³-hybridized carbons (Fsp3) is 0.0204. The largest absolute Gasteiger partial charge is 0.308 e. The number of benzene rings is 8. The summed E-state index contributed by atoms with van der Waals surface area (Å²) in [6, 6.07) is 65.8.